The molecule has 0 heterocycles. The zero-order chi connectivity index (χ0) is 8.27. The second-order valence-corrected chi connectivity index (χ2v) is 3.18. The number of hydrogen-bond donors (Lipinski definition) is 2. The summed E-state index contributed by atoms with van der Waals surface area (Å²) in [6, 6.07) is 8.40. The summed E-state index contributed by atoms with van der Waals surface area (Å²) in [6.45, 7) is 0. The van der Waals surface area contributed by atoms with E-state index >= 15 is 0 Å². The van der Waals surface area contributed by atoms with E-state index in [0.29, 0.717) is 5.56 Å². The minimum Gasteiger partial charge on any atom is -0.345 e. The van der Waals surface area contributed by atoms with Gasteiger partial charge in [0.25, 0.3) is 0 Å². The third kappa shape index (κ3) is 3.31. The molecule has 58 valence electrons. The van der Waals surface area contributed by atoms with Crippen molar-refractivity contribution in [3.63, 3.8) is 0 Å². The van der Waals surface area contributed by atoms with E-state index in [2.05, 4.69) is 0 Å². The molecule has 0 bridgehead atoms. The molecule has 12 heavy (non-hydrogen) atoms. The molecule has 0 amide bonds. The predicted molar refractivity (Wildman–Crippen MR) is 42.3 cm³/mol. The summed E-state index contributed by atoms with van der Waals surface area (Å²) >= 11 is 0. The van der Waals surface area contributed by atoms with E-state index in [0.717, 1.165) is 0 Å². The average molecular weight is 195 g/mol. The second-order valence-electron chi connectivity index (χ2n) is 2.09. The summed E-state index contributed by atoms with van der Waals surface area (Å²) in [4.78, 5) is 8.53. The minimum atomic E-state index is -2.53. The van der Waals surface area contributed by atoms with Crippen LogP contribution in [0.1, 0.15) is 12.8 Å². The molecule has 0 aliphatic carbocycles. The Morgan fingerprint density at radius 1 is 1.33 bits per heavy atom. The van der Waals surface area contributed by atoms with Gasteiger partial charge in [0.1, 0.15) is 0 Å². The largest absolute Gasteiger partial charge is 1.00 e. The number of aliphatic hydroxyl groups is 1. The summed E-state index contributed by atoms with van der Waals surface area (Å²) in [6.07, 6.45) is 0. The molecule has 0 spiro atoms. The number of aliphatic hydroxyl groups excluding tert-OH is 1. The Balaban J connectivity index is 0. The van der Waals surface area contributed by atoms with Gasteiger partial charge in [-0.3, -0.25) is 0 Å². The maximum atomic E-state index is 10.4. The number of hydrogen-bond acceptors (Lipinski definition) is 2. The standard InChI is InChI=1S/C7H7O3P.Na/c8-7(11(9)10)6-4-2-1-3-5-6;/h1-5,7-8H;/q;+1/p+2. The smallest absolute Gasteiger partial charge is 0.345 e. The molecular formula is C7H9NaO3P+3. The van der Waals surface area contributed by atoms with Gasteiger partial charge in [0, 0.05) is 5.56 Å². The fourth-order valence-corrected chi connectivity index (χ4v) is 1.18. The topological polar surface area (TPSA) is 57.5 Å². The maximum Gasteiger partial charge on any atom is 1.00 e. The van der Waals surface area contributed by atoms with Crippen molar-refractivity contribution in [1.29, 1.82) is 0 Å². The first-order chi connectivity index (χ1) is 5.22. The van der Waals surface area contributed by atoms with Gasteiger partial charge in [-0.25, -0.2) is 0 Å². The van der Waals surface area contributed by atoms with E-state index in [1.165, 1.54) is 0 Å². The van der Waals surface area contributed by atoms with Crippen molar-refractivity contribution >= 4 is 8.03 Å². The van der Waals surface area contributed by atoms with Crippen LogP contribution >= 0.6 is 8.03 Å². The first kappa shape index (κ1) is 12.2. The third-order valence-corrected chi connectivity index (χ3v) is 2.02. The Bertz CT molecular complexity index is 257. The van der Waals surface area contributed by atoms with Gasteiger partial charge in [0.2, 0.25) is 0 Å². The summed E-state index contributed by atoms with van der Waals surface area (Å²) in [5.74, 6) is -1.26. The van der Waals surface area contributed by atoms with E-state index < -0.39 is 13.9 Å². The summed E-state index contributed by atoms with van der Waals surface area (Å²) in [5.41, 5.74) is 0.469. The molecule has 5 heteroatoms. The molecule has 1 aromatic rings. The Labute approximate surface area is 95.1 Å². The van der Waals surface area contributed by atoms with Crippen molar-refractivity contribution in [3.05, 3.63) is 35.9 Å². The van der Waals surface area contributed by atoms with Crippen LogP contribution in [0.2, 0.25) is 0 Å². The Kier molecular flexibility index (Phi) is 5.93. The molecule has 0 radical (unpaired) electrons. The molecule has 3 nitrogen and oxygen atoms in total. The number of benzene rings is 1. The second kappa shape index (κ2) is 5.81. The van der Waals surface area contributed by atoms with Gasteiger partial charge in [-0.05, 0) is 4.57 Å². The predicted octanol–water partition coefficient (Wildman–Crippen LogP) is -1.47. The molecule has 0 saturated heterocycles. The van der Waals surface area contributed by atoms with Gasteiger partial charge < -0.3 is 5.11 Å². The zero-order valence-corrected chi connectivity index (χ0v) is 9.61. The third-order valence-electron chi connectivity index (χ3n) is 1.31. The van der Waals surface area contributed by atoms with Crippen molar-refractivity contribution in [2.45, 2.75) is 5.85 Å². The molecule has 1 aromatic carbocycles. The first-order valence-electron chi connectivity index (χ1n) is 3.10. The summed E-state index contributed by atoms with van der Waals surface area (Å²) < 4.78 is 10.4. The van der Waals surface area contributed by atoms with Gasteiger partial charge in [0.05, 0.1) is 0 Å². The van der Waals surface area contributed by atoms with Gasteiger partial charge in [0.15, 0.2) is 0 Å². The monoisotopic (exact) mass is 195 g/mol. The number of rotatable bonds is 2. The van der Waals surface area contributed by atoms with Gasteiger partial charge in [-0.2, -0.15) is 4.89 Å². The van der Waals surface area contributed by atoms with Crippen molar-refractivity contribution in [2.24, 2.45) is 0 Å². The summed E-state index contributed by atoms with van der Waals surface area (Å²) in [5, 5.41) is 9.06. The quantitative estimate of drug-likeness (QED) is 0.447. The summed E-state index contributed by atoms with van der Waals surface area (Å²) in [7, 11) is -2.53. The average Bonchev–Trinajstić information content (AvgIpc) is 2.05. The van der Waals surface area contributed by atoms with Crippen molar-refractivity contribution in [1.82, 2.24) is 0 Å². The first-order valence-corrected chi connectivity index (χ1v) is 4.38. The van der Waals surface area contributed by atoms with Crippen LogP contribution in [-0.2, 0) is 4.57 Å². The van der Waals surface area contributed by atoms with Crippen LogP contribution in [0.25, 0.3) is 0 Å². The van der Waals surface area contributed by atoms with Gasteiger partial charge >= 0.3 is 44.9 Å². The molecule has 0 aliphatic rings. The Morgan fingerprint density at radius 3 is 2.25 bits per heavy atom. The van der Waals surface area contributed by atoms with Crippen LogP contribution in [0.4, 0.5) is 0 Å². The van der Waals surface area contributed by atoms with Crippen LogP contribution in [-0.4, -0.2) is 10.00 Å². The molecule has 2 unspecified atom stereocenters. The van der Waals surface area contributed by atoms with Crippen LogP contribution in [0.3, 0.4) is 0 Å². The molecule has 1 rings (SSSR count). The van der Waals surface area contributed by atoms with Gasteiger partial charge in [-0.1, -0.05) is 30.3 Å². The molecule has 2 N–H and O–H groups in total. The molecule has 0 fully saturated rings. The van der Waals surface area contributed by atoms with Crippen LogP contribution in [0.5, 0.6) is 0 Å². The minimum absolute atomic E-state index is 0. The fourth-order valence-electron chi connectivity index (χ4n) is 0.753. The van der Waals surface area contributed by atoms with E-state index in [1.54, 1.807) is 30.3 Å². The van der Waals surface area contributed by atoms with Crippen LogP contribution < -0.4 is 29.6 Å². The molecular weight excluding hydrogens is 186 g/mol. The van der Waals surface area contributed by atoms with Crippen molar-refractivity contribution in [2.75, 3.05) is 0 Å². The molecule has 0 aliphatic heterocycles. The zero-order valence-electron chi connectivity index (χ0n) is 7.71. The van der Waals surface area contributed by atoms with E-state index in [1.807, 2.05) is 0 Å². The molecule has 0 aromatic heterocycles. The SMILES string of the molecule is O=[P+](O)C(O)c1ccccc1.[H+].[Na+]. The molecule has 0 saturated carbocycles. The molecule has 2 atom stereocenters. The fraction of sp³-hybridized carbons (Fsp3) is 0.143. The Hall–Kier alpha value is 0.240. The van der Waals surface area contributed by atoms with Gasteiger partial charge in [-0.15, -0.1) is 0 Å². The van der Waals surface area contributed by atoms with E-state index in [9.17, 15) is 4.57 Å². The van der Waals surface area contributed by atoms with Crippen LogP contribution in [0.15, 0.2) is 30.3 Å². The van der Waals surface area contributed by atoms with Crippen molar-refractivity contribution < 1.29 is 45.5 Å². The van der Waals surface area contributed by atoms with Crippen LogP contribution in [0, 0.1) is 0 Å². The normalized spacial score (nSPS) is 13.0. The van der Waals surface area contributed by atoms with E-state index in [4.69, 9.17) is 10.00 Å². The Morgan fingerprint density at radius 2 is 1.83 bits per heavy atom. The maximum absolute atomic E-state index is 10.4. The van der Waals surface area contributed by atoms with Crippen molar-refractivity contribution in [3.8, 4) is 0 Å². The van der Waals surface area contributed by atoms with E-state index in [-0.39, 0.29) is 31.0 Å².